The average Bonchev–Trinajstić information content (AvgIpc) is 2.77. The van der Waals surface area contributed by atoms with Crippen LogP contribution in [0.2, 0.25) is 0 Å². The SMILES string of the molecule is CC[C@H](C)[C@@H](CO)NC(=O)Cn1nc2c(cc1=O)CCCCC2. The molecule has 0 saturated carbocycles. The molecule has 0 fully saturated rings. The highest BCUT2D eigenvalue weighted by Gasteiger charge is 2.19. The Morgan fingerprint density at radius 3 is 2.83 bits per heavy atom. The number of aromatic nitrogens is 2. The summed E-state index contributed by atoms with van der Waals surface area (Å²) in [6.45, 7) is 3.79. The van der Waals surface area contributed by atoms with E-state index >= 15 is 0 Å². The summed E-state index contributed by atoms with van der Waals surface area (Å²) < 4.78 is 1.24. The smallest absolute Gasteiger partial charge is 0.267 e. The lowest BCUT2D eigenvalue weighted by atomic mass is 10.00. The molecule has 0 saturated heterocycles. The molecule has 2 N–H and O–H groups in total. The van der Waals surface area contributed by atoms with Gasteiger partial charge < -0.3 is 10.4 Å². The second-order valence-corrected chi connectivity index (χ2v) is 6.41. The highest BCUT2D eigenvalue weighted by atomic mass is 16.3. The fourth-order valence-corrected chi connectivity index (χ4v) is 2.93. The van der Waals surface area contributed by atoms with E-state index in [2.05, 4.69) is 10.4 Å². The number of aryl methyl sites for hydroxylation is 2. The van der Waals surface area contributed by atoms with Gasteiger partial charge in [0.25, 0.3) is 5.56 Å². The Labute approximate surface area is 136 Å². The van der Waals surface area contributed by atoms with Gasteiger partial charge in [-0.25, -0.2) is 4.68 Å². The molecular formula is C17H27N3O3. The second-order valence-electron chi connectivity index (χ2n) is 6.41. The minimum absolute atomic E-state index is 0.0982. The van der Waals surface area contributed by atoms with Crippen molar-refractivity contribution in [2.45, 2.75) is 65.0 Å². The third-order valence-electron chi connectivity index (χ3n) is 4.69. The number of amides is 1. The zero-order valence-electron chi connectivity index (χ0n) is 14.0. The van der Waals surface area contributed by atoms with Crippen molar-refractivity contribution >= 4 is 5.91 Å². The van der Waals surface area contributed by atoms with E-state index in [1.165, 1.54) is 4.68 Å². The maximum absolute atomic E-state index is 12.2. The van der Waals surface area contributed by atoms with E-state index in [1.807, 2.05) is 13.8 Å². The number of fused-ring (bicyclic) bond motifs is 1. The van der Waals surface area contributed by atoms with Gasteiger partial charge in [0.15, 0.2) is 0 Å². The third-order valence-corrected chi connectivity index (χ3v) is 4.69. The van der Waals surface area contributed by atoms with Crippen LogP contribution in [0.3, 0.4) is 0 Å². The molecule has 0 bridgehead atoms. The highest BCUT2D eigenvalue weighted by molar-refractivity contribution is 5.76. The first kappa shape index (κ1) is 17.7. The van der Waals surface area contributed by atoms with Crippen molar-refractivity contribution in [3.8, 4) is 0 Å². The van der Waals surface area contributed by atoms with Crippen LogP contribution in [0.4, 0.5) is 0 Å². The lowest BCUT2D eigenvalue weighted by molar-refractivity contribution is -0.123. The van der Waals surface area contributed by atoms with Crippen molar-refractivity contribution < 1.29 is 9.90 Å². The van der Waals surface area contributed by atoms with Gasteiger partial charge in [-0.05, 0) is 37.2 Å². The summed E-state index contributed by atoms with van der Waals surface area (Å²) in [5.74, 6) is -0.104. The summed E-state index contributed by atoms with van der Waals surface area (Å²) >= 11 is 0. The standard InChI is InChI=1S/C17H27N3O3/c1-3-12(2)15(11-21)18-16(22)10-20-17(23)9-13-7-5-4-6-8-14(13)19-20/h9,12,15,21H,3-8,10-11H2,1-2H3,(H,18,22)/t12-,15+/m0/s1. The number of nitrogens with zero attached hydrogens (tertiary/aromatic N) is 2. The number of rotatable bonds is 6. The minimum atomic E-state index is -0.288. The number of nitrogens with one attached hydrogen (secondary N) is 1. The largest absolute Gasteiger partial charge is 0.394 e. The maximum Gasteiger partial charge on any atom is 0.267 e. The van der Waals surface area contributed by atoms with Gasteiger partial charge in [-0.2, -0.15) is 5.10 Å². The van der Waals surface area contributed by atoms with Crippen LogP contribution in [0.5, 0.6) is 0 Å². The molecule has 0 unspecified atom stereocenters. The van der Waals surface area contributed by atoms with Gasteiger partial charge in [0, 0.05) is 6.07 Å². The molecule has 1 aromatic heterocycles. The number of carbonyl (C=O) groups is 1. The summed E-state index contributed by atoms with van der Waals surface area (Å²) in [7, 11) is 0. The van der Waals surface area contributed by atoms with Crippen molar-refractivity contribution in [3.05, 3.63) is 27.7 Å². The van der Waals surface area contributed by atoms with Crippen LogP contribution in [-0.2, 0) is 24.2 Å². The molecule has 1 amide bonds. The molecule has 6 heteroatoms. The third kappa shape index (κ3) is 4.64. The van der Waals surface area contributed by atoms with Crippen molar-refractivity contribution in [2.75, 3.05) is 6.61 Å². The number of carbonyl (C=O) groups excluding carboxylic acids is 1. The lowest BCUT2D eigenvalue weighted by Crippen LogP contribution is -2.44. The van der Waals surface area contributed by atoms with Crippen molar-refractivity contribution in [1.82, 2.24) is 15.1 Å². The average molecular weight is 321 g/mol. The molecule has 1 aliphatic carbocycles. The Balaban J connectivity index is 2.09. The Hall–Kier alpha value is -1.69. The first-order valence-electron chi connectivity index (χ1n) is 8.55. The Morgan fingerprint density at radius 1 is 1.39 bits per heavy atom. The summed E-state index contributed by atoms with van der Waals surface area (Å²) in [6, 6.07) is 1.34. The highest BCUT2D eigenvalue weighted by Crippen LogP contribution is 2.16. The topological polar surface area (TPSA) is 84.2 Å². The summed E-state index contributed by atoms with van der Waals surface area (Å²) in [5, 5.41) is 16.6. The first-order chi connectivity index (χ1) is 11.0. The van der Waals surface area contributed by atoms with Crippen molar-refractivity contribution in [1.29, 1.82) is 0 Å². The van der Waals surface area contributed by atoms with Gasteiger partial charge in [-0.15, -0.1) is 0 Å². The van der Waals surface area contributed by atoms with E-state index in [9.17, 15) is 14.7 Å². The molecule has 23 heavy (non-hydrogen) atoms. The molecule has 128 valence electrons. The number of aliphatic hydroxyl groups excluding tert-OH is 1. The molecule has 0 spiro atoms. The summed E-state index contributed by atoms with van der Waals surface area (Å²) in [6.07, 6.45) is 5.94. The van der Waals surface area contributed by atoms with Gasteiger partial charge >= 0.3 is 0 Å². The minimum Gasteiger partial charge on any atom is -0.394 e. The lowest BCUT2D eigenvalue weighted by Gasteiger charge is -2.22. The van der Waals surface area contributed by atoms with E-state index in [4.69, 9.17) is 0 Å². The molecule has 0 aromatic carbocycles. The molecule has 1 heterocycles. The molecular weight excluding hydrogens is 294 g/mol. The monoisotopic (exact) mass is 321 g/mol. The van der Waals surface area contributed by atoms with Gasteiger partial charge in [-0.1, -0.05) is 26.7 Å². The fraction of sp³-hybridized carbons (Fsp3) is 0.706. The van der Waals surface area contributed by atoms with Gasteiger partial charge in [0.1, 0.15) is 6.54 Å². The van der Waals surface area contributed by atoms with Crippen LogP contribution < -0.4 is 10.9 Å². The van der Waals surface area contributed by atoms with Gasteiger partial charge in [-0.3, -0.25) is 9.59 Å². The molecule has 2 atom stereocenters. The number of aliphatic hydroxyl groups is 1. The summed E-state index contributed by atoms with van der Waals surface area (Å²) in [4.78, 5) is 24.3. The van der Waals surface area contributed by atoms with E-state index in [0.717, 1.165) is 49.8 Å². The zero-order valence-corrected chi connectivity index (χ0v) is 14.0. The second kappa shape index (κ2) is 8.24. The molecule has 0 aliphatic heterocycles. The predicted octanol–water partition coefficient (Wildman–Crippen LogP) is 1.04. The van der Waals surface area contributed by atoms with Crippen LogP contribution in [0.1, 0.15) is 50.8 Å². The normalized spacial score (nSPS) is 17.0. The van der Waals surface area contributed by atoms with E-state index in [0.29, 0.717) is 0 Å². The Morgan fingerprint density at radius 2 is 2.13 bits per heavy atom. The Kier molecular flexibility index (Phi) is 6.33. The van der Waals surface area contributed by atoms with Gasteiger partial charge in [0.2, 0.25) is 5.91 Å². The first-order valence-corrected chi connectivity index (χ1v) is 8.55. The number of hydrogen-bond donors (Lipinski definition) is 2. The maximum atomic E-state index is 12.2. The molecule has 2 rings (SSSR count). The van der Waals surface area contributed by atoms with Crippen LogP contribution in [0, 0.1) is 5.92 Å². The molecule has 1 aliphatic rings. The quantitative estimate of drug-likeness (QED) is 0.767. The van der Waals surface area contributed by atoms with Crippen LogP contribution in [-0.4, -0.2) is 33.4 Å². The van der Waals surface area contributed by atoms with E-state index in [1.54, 1.807) is 6.07 Å². The Bertz CT molecular complexity index is 597. The molecule has 0 radical (unpaired) electrons. The summed E-state index contributed by atoms with van der Waals surface area (Å²) in [5.41, 5.74) is 1.73. The van der Waals surface area contributed by atoms with E-state index in [-0.39, 0.29) is 36.6 Å². The fourth-order valence-electron chi connectivity index (χ4n) is 2.93. The molecule has 1 aromatic rings. The molecule has 6 nitrogen and oxygen atoms in total. The van der Waals surface area contributed by atoms with Crippen LogP contribution in [0.25, 0.3) is 0 Å². The van der Waals surface area contributed by atoms with Crippen LogP contribution in [0.15, 0.2) is 10.9 Å². The van der Waals surface area contributed by atoms with Crippen LogP contribution >= 0.6 is 0 Å². The predicted molar refractivity (Wildman–Crippen MR) is 88.2 cm³/mol. The number of hydrogen-bond acceptors (Lipinski definition) is 4. The zero-order chi connectivity index (χ0) is 16.8. The van der Waals surface area contributed by atoms with Gasteiger partial charge in [0.05, 0.1) is 18.3 Å². The van der Waals surface area contributed by atoms with Crippen molar-refractivity contribution in [2.24, 2.45) is 5.92 Å². The van der Waals surface area contributed by atoms with Crippen molar-refractivity contribution in [3.63, 3.8) is 0 Å². The van der Waals surface area contributed by atoms with E-state index < -0.39 is 0 Å².